The van der Waals surface area contributed by atoms with E-state index in [0.717, 1.165) is 0 Å². The second-order valence-corrected chi connectivity index (χ2v) is 5.92. The maximum absolute atomic E-state index is 2.65. The van der Waals surface area contributed by atoms with Crippen molar-refractivity contribution in [1.29, 1.82) is 0 Å². The number of rotatable bonds is 2. The predicted molar refractivity (Wildman–Crippen MR) is 79.9 cm³/mol. The van der Waals surface area contributed by atoms with E-state index in [0.29, 0.717) is 6.04 Å². The van der Waals surface area contributed by atoms with E-state index in [1.165, 1.54) is 44.5 Å². The van der Waals surface area contributed by atoms with Crippen LogP contribution in [0.2, 0.25) is 0 Å². The molecular formula is C17H24N2. The van der Waals surface area contributed by atoms with Gasteiger partial charge >= 0.3 is 0 Å². The minimum Gasteiger partial charge on any atom is -0.368 e. The largest absolute Gasteiger partial charge is 0.368 e. The second kappa shape index (κ2) is 5.38. The molecule has 2 aliphatic heterocycles. The zero-order chi connectivity index (χ0) is 13.2. The van der Waals surface area contributed by atoms with Crippen LogP contribution in [0, 0.1) is 0 Å². The molecule has 19 heavy (non-hydrogen) atoms. The third-order valence-electron chi connectivity index (χ3n) is 4.57. The molecule has 0 saturated carbocycles. The lowest BCUT2D eigenvalue weighted by molar-refractivity contribution is 0.207. The van der Waals surface area contributed by atoms with Crippen molar-refractivity contribution in [2.45, 2.75) is 32.2 Å². The lowest BCUT2D eigenvalue weighted by Gasteiger charge is -2.42. The van der Waals surface area contributed by atoms with Gasteiger partial charge in [-0.05, 0) is 37.9 Å². The molecule has 0 fully saturated rings. The standard InChI is InChI=1S/C17H24N2/c1-14(15-7-4-3-5-8-15)19-11-6-9-16-13-18(2)12-10-17(16)19/h3-5,7-8,14H,6,9-13H2,1-2H3/t14-/m0/s1. The van der Waals surface area contributed by atoms with Crippen LogP contribution < -0.4 is 0 Å². The van der Waals surface area contributed by atoms with E-state index < -0.39 is 0 Å². The first-order chi connectivity index (χ1) is 9.25. The fourth-order valence-electron chi connectivity index (χ4n) is 3.48. The summed E-state index contributed by atoms with van der Waals surface area (Å²) >= 11 is 0. The molecule has 1 atom stereocenters. The third-order valence-corrected chi connectivity index (χ3v) is 4.57. The third kappa shape index (κ3) is 2.55. The molecule has 1 aromatic rings. The van der Waals surface area contributed by atoms with E-state index in [9.17, 15) is 0 Å². The molecule has 0 aliphatic carbocycles. The lowest BCUT2D eigenvalue weighted by Crippen LogP contribution is -2.39. The molecule has 0 spiro atoms. The van der Waals surface area contributed by atoms with Gasteiger partial charge < -0.3 is 9.80 Å². The average Bonchev–Trinajstić information content (AvgIpc) is 2.46. The Bertz CT molecular complexity index is 463. The van der Waals surface area contributed by atoms with Crippen LogP contribution in [0.5, 0.6) is 0 Å². The highest BCUT2D eigenvalue weighted by Crippen LogP contribution is 2.34. The quantitative estimate of drug-likeness (QED) is 0.800. The summed E-state index contributed by atoms with van der Waals surface area (Å²) in [6, 6.07) is 11.4. The lowest BCUT2D eigenvalue weighted by atomic mass is 9.94. The molecule has 0 unspecified atom stereocenters. The highest BCUT2D eigenvalue weighted by atomic mass is 15.2. The van der Waals surface area contributed by atoms with Crippen LogP contribution >= 0.6 is 0 Å². The second-order valence-electron chi connectivity index (χ2n) is 5.92. The van der Waals surface area contributed by atoms with E-state index in [-0.39, 0.29) is 0 Å². The molecule has 1 aromatic carbocycles. The summed E-state index contributed by atoms with van der Waals surface area (Å²) in [6.07, 6.45) is 3.84. The van der Waals surface area contributed by atoms with Crippen LogP contribution in [0.3, 0.4) is 0 Å². The number of hydrogen-bond acceptors (Lipinski definition) is 2. The first kappa shape index (κ1) is 12.7. The minimum absolute atomic E-state index is 0.509. The molecule has 0 amide bonds. The Balaban J connectivity index is 1.86. The zero-order valence-corrected chi connectivity index (χ0v) is 12.1. The number of hydrogen-bond donors (Lipinski definition) is 0. The molecule has 2 heteroatoms. The molecule has 102 valence electrons. The molecule has 0 bridgehead atoms. The van der Waals surface area contributed by atoms with Gasteiger partial charge in [0.05, 0.1) is 6.04 Å². The molecule has 3 rings (SSSR count). The van der Waals surface area contributed by atoms with Gasteiger partial charge in [0, 0.05) is 31.8 Å². The van der Waals surface area contributed by atoms with Gasteiger partial charge in [-0.1, -0.05) is 30.3 Å². The van der Waals surface area contributed by atoms with Gasteiger partial charge in [0.2, 0.25) is 0 Å². The topological polar surface area (TPSA) is 6.48 Å². The van der Waals surface area contributed by atoms with Crippen molar-refractivity contribution in [1.82, 2.24) is 9.80 Å². The number of benzene rings is 1. The number of likely N-dealkylation sites (N-methyl/N-ethyl adjacent to an activating group) is 1. The average molecular weight is 256 g/mol. The van der Waals surface area contributed by atoms with Crippen molar-refractivity contribution in [2.24, 2.45) is 0 Å². The van der Waals surface area contributed by atoms with Crippen LogP contribution in [-0.2, 0) is 0 Å². The van der Waals surface area contributed by atoms with Crippen molar-refractivity contribution >= 4 is 0 Å². The van der Waals surface area contributed by atoms with E-state index in [1.807, 2.05) is 0 Å². The van der Waals surface area contributed by atoms with Gasteiger partial charge in [0.1, 0.15) is 0 Å². The normalized spacial score (nSPS) is 22.3. The summed E-state index contributed by atoms with van der Waals surface area (Å²) < 4.78 is 0. The summed E-state index contributed by atoms with van der Waals surface area (Å²) in [5.74, 6) is 0. The molecule has 0 N–H and O–H groups in total. The first-order valence-electron chi connectivity index (χ1n) is 7.47. The van der Waals surface area contributed by atoms with E-state index in [2.05, 4.69) is 54.1 Å². The summed E-state index contributed by atoms with van der Waals surface area (Å²) in [5.41, 5.74) is 4.76. The van der Waals surface area contributed by atoms with Crippen LogP contribution in [-0.4, -0.2) is 36.5 Å². The van der Waals surface area contributed by atoms with Crippen LogP contribution in [0.1, 0.15) is 37.8 Å². The fraction of sp³-hybridized carbons (Fsp3) is 0.529. The Hall–Kier alpha value is -1.28. The van der Waals surface area contributed by atoms with Crippen LogP contribution in [0.25, 0.3) is 0 Å². The zero-order valence-electron chi connectivity index (χ0n) is 12.1. The monoisotopic (exact) mass is 256 g/mol. The molecule has 0 aromatic heterocycles. The maximum Gasteiger partial charge on any atom is 0.0511 e. The van der Waals surface area contributed by atoms with Gasteiger partial charge in [-0.2, -0.15) is 0 Å². The van der Waals surface area contributed by atoms with Crippen LogP contribution in [0.4, 0.5) is 0 Å². The molecule has 0 saturated heterocycles. The van der Waals surface area contributed by atoms with E-state index in [4.69, 9.17) is 0 Å². The van der Waals surface area contributed by atoms with E-state index >= 15 is 0 Å². The molecular weight excluding hydrogens is 232 g/mol. The Morgan fingerprint density at radius 3 is 2.63 bits per heavy atom. The fourth-order valence-corrected chi connectivity index (χ4v) is 3.48. The Morgan fingerprint density at radius 2 is 1.84 bits per heavy atom. The van der Waals surface area contributed by atoms with Gasteiger partial charge in [-0.25, -0.2) is 0 Å². The van der Waals surface area contributed by atoms with Crippen molar-refractivity contribution in [3.05, 3.63) is 47.2 Å². The Labute approximate surface area is 116 Å². The highest BCUT2D eigenvalue weighted by molar-refractivity contribution is 5.25. The Kier molecular flexibility index (Phi) is 3.61. The summed E-state index contributed by atoms with van der Waals surface area (Å²) in [6.45, 7) is 5.95. The molecule has 2 heterocycles. The van der Waals surface area contributed by atoms with Crippen molar-refractivity contribution in [3.63, 3.8) is 0 Å². The predicted octanol–water partition coefficient (Wildman–Crippen LogP) is 3.43. The summed E-state index contributed by atoms with van der Waals surface area (Å²) in [7, 11) is 2.24. The number of nitrogens with zero attached hydrogens (tertiary/aromatic N) is 2. The molecule has 2 nitrogen and oxygen atoms in total. The molecule has 2 aliphatic rings. The SMILES string of the molecule is C[C@@H](c1ccccc1)N1CCCC2=C1CCN(C)C2. The van der Waals surface area contributed by atoms with Gasteiger partial charge in [-0.15, -0.1) is 0 Å². The Morgan fingerprint density at radius 1 is 1.05 bits per heavy atom. The van der Waals surface area contributed by atoms with Crippen molar-refractivity contribution < 1.29 is 0 Å². The minimum atomic E-state index is 0.509. The van der Waals surface area contributed by atoms with Gasteiger partial charge in [0.25, 0.3) is 0 Å². The molecule has 0 radical (unpaired) electrons. The van der Waals surface area contributed by atoms with Crippen molar-refractivity contribution in [3.8, 4) is 0 Å². The van der Waals surface area contributed by atoms with Crippen molar-refractivity contribution in [2.75, 3.05) is 26.7 Å². The van der Waals surface area contributed by atoms with Gasteiger partial charge in [-0.3, -0.25) is 0 Å². The van der Waals surface area contributed by atoms with Crippen LogP contribution in [0.15, 0.2) is 41.6 Å². The summed E-state index contributed by atoms with van der Waals surface area (Å²) in [5, 5.41) is 0. The van der Waals surface area contributed by atoms with E-state index in [1.54, 1.807) is 11.3 Å². The smallest absolute Gasteiger partial charge is 0.0511 e. The maximum atomic E-state index is 2.65. The first-order valence-corrected chi connectivity index (χ1v) is 7.47. The van der Waals surface area contributed by atoms with Gasteiger partial charge in [0.15, 0.2) is 0 Å². The highest BCUT2D eigenvalue weighted by Gasteiger charge is 2.27. The summed E-state index contributed by atoms with van der Waals surface area (Å²) in [4.78, 5) is 5.11.